The molecule has 2 N–H and O–H groups in total. The maximum absolute atomic E-state index is 14.2. The van der Waals surface area contributed by atoms with E-state index < -0.39 is 21.7 Å². The van der Waals surface area contributed by atoms with Crippen LogP contribution in [0.1, 0.15) is 30.5 Å². The Labute approximate surface area is 189 Å². The number of aromatic amines is 1. The van der Waals surface area contributed by atoms with Gasteiger partial charge in [-0.2, -0.15) is 0 Å². The van der Waals surface area contributed by atoms with Crippen LogP contribution in [0, 0.1) is 24.5 Å². The lowest BCUT2D eigenvalue weighted by Gasteiger charge is -2.26. The summed E-state index contributed by atoms with van der Waals surface area (Å²) in [5.74, 6) is -1.74. The van der Waals surface area contributed by atoms with Crippen LogP contribution in [0.4, 0.5) is 14.7 Å². The first-order valence-corrected chi connectivity index (χ1v) is 12.2. The highest BCUT2D eigenvalue weighted by atomic mass is 32.2. The van der Waals surface area contributed by atoms with Crippen LogP contribution in [-0.4, -0.2) is 29.6 Å². The zero-order valence-corrected chi connectivity index (χ0v) is 18.8. The van der Waals surface area contributed by atoms with Gasteiger partial charge in [0.15, 0.2) is 17.3 Å². The Morgan fingerprint density at radius 1 is 1.21 bits per heavy atom. The summed E-state index contributed by atoms with van der Waals surface area (Å²) >= 11 is 0. The Balaban J connectivity index is 1.86. The molecule has 1 aliphatic rings. The molecule has 1 saturated carbocycles. The van der Waals surface area contributed by atoms with E-state index in [2.05, 4.69) is 19.7 Å². The second-order valence-corrected chi connectivity index (χ2v) is 9.88. The highest BCUT2D eigenvalue weighted by molar-refractivity contribution is 7.91. The Kier molecular flexibility index (Phi) is 6.15. The minimum atomic E-state index is -3.67. The minimum absolute atomic E-state index is 0.0147. The number of nitrogens with zero attached hydrogens (tertiary/aromatic N) is 2. The van der Waals surface area contributed by atoms with Gasteiger partial charge in [-0.15, -0.1) is 0 Å². The molecular weight excluding hydrogens is 454 g/mol. The summed E-state index contributed by atoms with van der Waals surface area (Å²) in [6.45, 7) is 1.63. The highest BCUT2D eigenvalue weighted by Gasteiger charge is 2.24. The average Bonchev–Trinajstić information content (AvgIpc) is 2.69. The topological polar surface area (TPSA) is 114 Å². The predicted octanol–water partition coefficient (Wildman–Crippen LogP) is 3.92. The molecule has 1 aliphatic carbocycles. The van der Waals surface area contributed by atoms with Crippen molar-refractivity contribution < 1.29 is 21.9 Å². The number of aromatic nitrogens is 3. The molecule has 0 atom stereocenters. The predicted molar refractivity (Wildman–Crippen MR) is 119 cm³/mol. The second kappa shape index (κ2) is 8.89. The quantitative estimate of drug-likeness (QED) is 0.534. The molecular formula is C22H22F2N4O4S. The number of rotatable bonds is 7. The number of anilines is 1. The van der Waals surface area contributed by atoms with Crippen molar-refractivity contribution in [3.05, 3.63) is 63.7 Å². The van der Waals surface area contributed by atoms with Gasteiger partial charge in [0.2, 0.25) is 16.0 Å². The molecule has 0 unspecified atom stereocenters. The third-order valence-corrected chi connectivity index (χ3v) is 5.98. The first-order valence-electron chi connectivity index (χ1n) is 10.3. The number of H-pyrrole nitrogens is 1. The lowest BCUT2D eigenvalue weighted by atomic mass is 9.81. The molecule has 33 heavy (non-hydrogen) atoms. The summed E-state index contributed by atoms with van der Waals surface area (Å²) in [6, 6.07) is 4.49. The van der Waals surface area contributed by atoms with Crippen LogP contribution >= 0.6 is 0 Å². The van der Waals surface area contributed by atoms with Gasteiger partial charge in [-0.1, -0.05) is 19.3 Å². The van der Waals surface area contributed by atoms with Crippen LogP contribution in [0.25, 0.3) is 11.3 Å². The number of nitrogens with one attached hydrogen (secondary N) is 2. The maximum Gasteiger partial charge on any atom is 0.251 e. The Hall–Kier alpha value is -3.34. The first-order chi connectivity index (χ1) is 15.6. The molecule has 0 aliphatic heterocycles. The molecule has 174 valence electrons. The van der Waals surface area contributed by atoms with E-state index in [-0.39, 0.29) is 28.7 Å². The number of hydrogen-bond acceptors (Lipinski definition) is 6. The Morgan fingerprint density at radius 2 is 1.97 bits per heavy atom. The standard InChI is InChI=1S/C22H22F2N4O4S/c1-12-8-15(17(26-21(12)29)9-13-4-3-5-13)20-19(11-25-22(27-20)28-33(2,30)31)32-18-7-6-14(23)10-16(18)24/h6-8,10-11,13H,3-5,9H2,1-2H3,(H,26,29)(H,25,27,28). The van der Waals surface area contributed by atoms with Crippen LogP contribution in [0.2, 0.25) is 0 Å². The molecule has 0 bridgehead atoms. The number of hydrogen-bond donors (Lipinski definition) is 2. The largest absolute Gasteiger partial charge is 0.450 e. The number of sulfonamides is 1. The lowest BCUT2D eigenvalue weighted by molar-refractivity contribution is 0.312. The van der Waals surface area contributed by atoms with Crippen molar-refractivity contribution in [3.63, 3.8) is 0 Å². The minimum Gasteiger partial charge on any atom is -0.450 e. The van der Waals surface area contributed by atoms with Crippen molar-refractivity contribution in [2.45, 2.75) is 32.6 Å². The van der Waals surface area contributed by atoms with Crippen LogP contribution in [0.15, 0.2) is 35.3 Å². The van der Waals surface area contributed by atoms with Crippen molar-refractivity contribution in [2.24, 2.45) is 5.92 Å². The van der Waals surface area contributed by atoms with Crippen LogP contribution in [-0.2, 0) is 16.4 Å². The zero-order chi connectivity index (χ0) is 23.8. The molecule has 3 aromatic rings. The Morgan fingerprint density at radius 3 is 2.61 bits per heavy atom. The van der Waals surface area contributed by atoms with E-state index in [0.717, 1.165) is 37.7 Å². The van der Waals surface area contributed by atoms with E-state index in [4.69, 9.17) is 4.74 Å². The van der Waals surface area contributed by atoms with E-state index in [9.17, 15) is 22.0 Å². The smallest absolute Gasteiger partial charge is 0.251 e. The second-order valence-electron chi connectivity index (χ2n) is 8.13. The lowest BCUT2D eigenvalue weighted by Crippen LogP contribution is -2.20. The van der Waals surface area contributed by atoms with Gasteiger partial charge in [0.25, 0.3) is 5.56 Å². The molecule has 2 heterocycles. The van der Waals surface area contributed by atoms with Crippen LogP contribution in [0.5, 0.6) is 11.5 Å². The van der Waals surface area contributed by atoms with Gasteiger partial charge in [-0.05, 0) is 37.5 Å². The maximum atomic E-state index is 14.2. The molecule has 2 aromatic heterocycles. The summed E-state index contributed by atoms with van der Waals surface area (Å²) < 4.78 is 58.9. The molecule has 0 saturated heterocycles. The van der Waals surface area contributed by atoms with E-state index in [1.54, 1.807) is 13.0 Å². The molecule has 0 spiro atoms. The van der Waals surface area contributed by atoms with Crippen molar-refractivity contribution >= 4 is 16.0 Å². The van der Waals surface area contributed by atoms with Crippen molar-refractivity contribution in [1.82, 2.24) is 15.0 Å². The number of halogens is 2. The fourth-order valence-corrected chi connectivity index (χ4v) is 3.99. The van der Waals surface area contributed by atoms with E-state index in [1.165, 1.54) is 6.20 Å². The summed E-state index contributed by atoms with van der Waals surface area (Å²) in [6.07, 6.45) is 5.93. The van der Waals surface area contributed by atoms with Crippen molar-refractivity contribution in [2.75, 3.05) is 11.0 Å². The van der Waals surface area contributed by atoms with Crippen LogP contribution < -0.4 is 15.0 Å². The molecule has 1 aromatic carbocycles. The summed E-state index contributed by atoms with van der Waals surface area (Å²) in [5.41, 5.74) is 1.45. The van der Waals surface area contributed by atoms with Gasteiger partial charge in [0.05, 0.1) is 12.5 Å². The third kappa shape index (κ3) is 5.36. The number of pyridine rings is 1. The fraction of sp³-hybridized carbons (Fsp3) is 0.318. The normalized spacial score (nSPS) is 14.1. The fourth-order valence-electron chi connectivity index (χ4n) is 3.56. The van der Waals surface area contributed by atoms with E-state index >= 15 is 0 Å². The van der Waals surface area contributed by atoms with Crippen molar-refractivity contribution in [3.8, 4) is 22.8 Å². The molecule has 0 amide bonds. The molecule has 11 heteroatoms. The van der Waals surface area contributed by atoms with Gasteiger partial charge in [-0.3, -0.25) is 9.52 Å². The monoisotopic (exact) mass is 476 g/mol. The number of ether oxygens (including phenoxy) is 1. The average molecular weight is 477 g/mol. The van der Waals surface area contributed by atoms with E-state index in [1.807, 2.05) is 0 Å². The van der Waals surface area contributed by atoms with E-state index in [0.29, 0.717) is 35.2 Å². The van der Waals surface area contributed by atoms with Gasteiger partial charge in [0.1, 0.15) is 11.5 Å². The van der Waals surface area contributed by atoms with Crippen LogP contribution in [0.3, 0.4) is 0 Å². The summed E-state index contributed by atoms with van der Waals surface area (Å²) in [7, 11) is -3.67. The highest BCUT2D eigenvalue weighted by Crippen LogP contribution is 2.37. The summed E-state index contributed by atoms with van der Waals surface area (Å²) in [5, 5.41) is 0. The molecule has 1 fully saturated rings. The van der Waals surface area contributed by atoms with Crippen molar-refractivity contribution in [1.29, 1.82) is 0 Å². The number of aryl methyl sites for hydroxylation is 1. The number of benzene rings is 1. The Bertz CT molecular complexity index is 1370. The van der Waals surface area contributed by atoms with Gasteiger partial charge in [0, 0.05) is 22.9 Å². The first kappa shape index (κ1) is 22.8. The third-order valence-electron chi connectivity index (χ3n) is 5.43. The summed E-state index contributed by atoms with van der Waals surface area (Å²) in [4.78, 5) is 23.5. The molecule has 8 nitrogen and oxygen atoms in total. The zero-order valence-electron chi connectivity index (χ0n) is 18.0. The van der Waals surface area contributed by atoms with Gasteiger partial charge < -0.3 is 9.72 Å². The molecule has 4 rings (SSSR count). The molecule has 0 radical (unpaired) electrons. The van der Waals surface area contributed by atoms with Gasteiger partial charge in [-0.25, -0.2) is 27.2 Å². The SMILES string of the molecule is Cc1cc(-c2nc(NS(C)(=O)=O)ncc2Oc2ccc(F)cc2F)c(CC2CCC2)[nH]c1=O. The van der Waals surface area contributed by atoms with Gasteiger partial charge >= 0.3 is 0 Å².